The van der Waals surface area contributed by atoms with Crippen molar-refractivity contribution in [2.24, 2.45) is 0 Å². The maximum atomic E-state index is 12.5. The van der Waals surface area contributed by atoms with Gasteiger partial charge in [0.25, 0.3) is 5.91 Å². The highest BCUT2D eigenvalue weighted by molar-refractivity contribution is 6.04. The summed E-state index contributed by atoms with van der Waals surface area (Å²) < 4.78 is 5.58. The summed E-state index contributed by atoms with van der Waals surface area (Å²) in [4.78, 5) is 21.0. The van der Waals surface area contributed by atoms with Crippen LogP contribution in [0.15, 0.2) is 54.9 Å². The Hall–Kier alpha value is -3.41. The molecule has 1 amide bonds. The average molecular weight is 362 g/mol. The molecule has 0 fully saturated rings. The number of carbonyl (C=O) groups excluding carboxylic acids is 1. The van der Waals surface area contributed by atoms with Crippen molar-refractivity contribution in [3.8, 4) is 5.75 Å². The minimum absolute atomic E-state index is 0.242. The molecule has 2 aromatic carbocycles. The molecule has 0 spiro atoms. The maximum absolute atomic E-state index is 12.5. The Labute approximate surface area is 158 Å². The SMILES string of the molecule is CCOc1ccccc1Nc1ncc(C(=O)Nc2c(C)cccc2C)cn1. The van der Waals surface area contributed by atoms with Gasteiger partial charge in [-0.3, -0.25) is 4.79 Å². The summed E-state index contributed by atoms with van der Waals surface area (Å²) in [6, 6.07) is 13.4. The molecular weight excluding hydrogens is 340 g/mol. The summed E-state index contributed by atoms with van der Waals surface area (Å²) in [6.07, 6.45) is 3.00. The number of para-hydroxylation sites is 3. The van der Waals surface area contributed by atoms with Crippen LogP contribution in [0.25, 0.3) is 0 Å². The van der Waals surface area contributed by atoms with Crippen molar-refractivity contribution in [3.63, 3.8) is 0 Å². The Morgan fingerprint density at radius 1 is 1.00 bits per heavy atom. The third-order valence-corrected chi connectivity index (χ3v) is 4.07. The van der Waals surface area contributed by atoms with E-state index >= 15 is 0 Å². The molecule has 1 aromatic heterocycles. The fourth-order valence-corrected chi connectivity index (χ4v) is 2.68. The topological polar surface area (TPSA) is 76.1 Å². The Morgan fingerprint density at radius 2 is 1.67 bits per heavy atom. The average Bonchev–Trinajstić information content (AvgIpc) is 2.67. The van der Waals surface area contributed by atoms with E-state index in [0.717, 1.165) is 28.3 Å². The van der Waals surface area contributed by atoms with Gasteiger partial charge in [-0.1, -0.05) is 30.3 Å². The van der Waals surface area contributed by atoms with Crippen molar-refractivity contribution in [1.82, 2.24) is 9.97 Å². The zero-order valence-electron chi connectivity index (χ0n) is 15.6. The number of nitrogens with zero attached hydrogens (tertiary/aromatic N) is 2. The molecule has 0 bridgehead atoms. The number of ether oxygens (including phenoxy) is 1. The van der Waals surface area contributed by atoms with E-state index in [1.54, 1.807) is 0 Å². The fourth-order valence-electron chi connectivity index (χ4n) is 2.68. The molecule has 3 aromatic rings. The van der Waals surface area contributed by atoms with Crippen LogP contribution in [0.2, 0.25) is 0 Å². The molecule has 27 heavy (non-hydrogen) atoms. The molecule has 0 aliphatic heterocycles. The second-order valence-corrected chi connectivity index (χ2v) is 6.07. The van der Waals surface area contributed by atoms with Gasteiger partial charge in [-0.05, 0) is 44.0 Å². The Morgan fingerprint density at radius 3 is 2.33 bits per heavy atom. The molecule has 0 radical (unpaired) electrons. The van der Waals surface area contributed by atoms with Crippen molar-refractivity contribution >= 4 is 23.2 Å². The lowest BCUT2D eigenvalue weighted by Crippen LogP contribution is -2.14. The number of hydrogen-bond acceptors (Lipinski definition) is 5. The van der Waals surface area contributed by atoms with Crippen LogP contribution < -0.4 is 15.4 Å². The van der Waals surface area contributed by atoms with Crippen LogP contribution in [0.4, 0.5) is 17.3 Å². The first-order chi connectivity index (χ1) is 13.1. The predicted molar refractivity (Wildman–Crippen MR) is 107 cm³/mol. The number of hydrogen-bond donors (Lipinski definition) is 2. The van der Waals surface area contributed by atoms with Gasteiger partial charge in [-0.15, -0.1) is 0 Å². The van der Waals surface area contributed by atoms with E-state index < -0.39 is 0 Å². The van der Waals surface area contributed by atoms with Crippen LogP contribution in [0, 0.1) is 13.8 Å². The summed E-state index contributed by atoms with van der Waals surface area (Å²) in [5, 5.41) is 6.04. The molecule has 0 unspecified atom stereocenters. The van der Waals surface area contributed by atoms with Gasteiger partial charge >= 0.3 is 0 Å². The lowest BCUT2D eigenvalue weighted by atomic mass is 10.1. The number of carbonyl (C=O) groups is 1. The summed E-state index contributed by atoms with van der Waals surface area (Å²) in [5.41, 5.74) is 3.99. The van der Waals surface area contributed by atoms with Crippen LogP contribution in [0.3, 0.4) is 0 Å². The molecule has 3 rings (SSSR count). The summed E-state index contributed by atoms with van der Waals surface area (Å²) in [6.45, 7) is 6.41. The number of benzene rings is 2. The molecule has 0 aliphatic carbocycles. The first-order valence-corrected chi connectivity index (χ1v) is 8.77. The molecule has 0 aliphatic rings. The summed E-state index contributed by atoms with van der Waals surface area (Å²) in [5.74, 6) is 0.875. The van der Waals surface area contributed by atoms with E-state index in [-0.39, 0.29) is 5.91 Å². The number of aryl methyl sites for hydroxylation is 2. The van der Waals surface area contributed by atoms with Crippen molar-refractivity contribution in [3.05, 3.63) is 71.5 Å². The molecule has 138 valence electrons. The smallest absolute Gasteiger partial charge is 0.258 e. The first kappa shape index (κ1) is 18.4. The molecule has 0 saturated heterocycles. The molecule has 1 heterocycles. The Kier molecular flexibility index (Phi) is 5.66. The fraction of sp³-hybridized carbons (Fsp3) is 0.190. The number of amides is 1. The van der Waals surface area contributed by atoms with Crippen LogP contribution in [0.5, 0.6) is 5.75 Å². The standard InChI is InChI=1S/C21H22N4O2/c1-4-27-18-11-6-5-10-17(18)24-21-22-12-16(13-23-21)20(26)25-19-14(2)8-7-9-15(19)3/h5-13H,4H2,1-3H3,(H,25,26)(H,22,23,24). The molecule has 0 atom stereocenters. The highest BCUT2D eigenvalue weighted by Crippen LogP contribution is 2.26. The zero-order chi connectivity index (χ0) is 19.2. The second kappa shape index (κ2) is 8.31. The largest absolute Gasteiger partial charge is 0.492 e. The van der Waals surface area contributed by atoms with Gasteiger partial charge in [-0.2, -0.15) is 0 Å². The van der Waals surface area contributed by atoms with Crippen LogP contribution >= 0.6 is 0 Å². The van der Waals surface area contributed by atoms with Crippen molar-refractivity contribution < 1.29 is 9.53 Å². The van der Waals surface area contributed by atoms with E-state index in [4.69, 9.17) is 4.74 Å². The monoisotopic (exact) mass is 362 g/mol. The van der Waals surface area contributed by atoms with Gasteiger partial charge < -0.3 is 15.4 Å². The molecule has 6 heteroatoms. The van der Waals surface area contributed by atoms with Gasteiger partial charge in [0.2, 0.25) is 5.95 Å². The number of aromatic nitrogens is 2. The highest BCUT2D eigenvalue weighted by Gasteiger charge is 2.11. The lowest BCUT2D eigenvalue weighted by Gasteiger charge is -2.12. The van der Waals surface area contributed by atoms with E-state index in [1.807, 2.05) is 63.2 Å². The van der Waals surface area contributed by atoms with Gasteiger partial charge in [0.1, 0.15) is 5.75 Å². The normalized spacial score (nSPS) is 10.3. The van der Waals surface area contributed by atoms with Crippen LogP contribution in [-0.4, -0.2) is 22.5 Å². The summed E-state index contributed by atoms with van der Waals surface area (Å²) >= 11 is 0. The lowest BCUT2D eigenvalue weighted by molar-refractivity contribution is 0.102. The minimum Gasteiger partial charge on any atom is -0.492 e. The first-order valence-electron chi connectivity index (χ1n) is 8.77. The molecule has 6 nitrogen and oxygen atoms in total. The zero-order valence-corrected chi connectivity index (χ0v) is 15.6. The number of nitrogens with one attached hydrogen (secondary N) is 2. The third kappa shape index (κ3) is 4.41. The number of rotatable bonds is 6. The molecule has 0 saturated carbocycles. The Bertz CT molecular complexity index is 919. The van der Waals surface area contributed by atoms with Crippen molar-refractivity contribution in [1.29, 1.82) is 0 Å². The quantitative estimate of drug-likeness (QED) is 0.676. The van der Waals surface area contributed by atoms with E-state index in [9.17, 15) is 4.79 Å². The van der Waals surface area contributed by atoms with E-state index in [1.165, 1.54) is 12.4 Å². The van der Waals surface area contributed by atoms with Gasteiger partial charge in [0.15, 0.2) is 0 Å². The number of anilines is 3. The van der Waals surface area contributed by atoms with Gasteiger partial charge in [0, 0.05) is 18.1 Å². The van der Waals surface area contributed by atoms with Crippen LogP contribution in [-0.2, 0) is 0 Å². The van der Waals surface area contributed by atoms with Gasteiger partial charge in [0.05, 0.1) is 17.9 Å². The second-order valence-electron chi connectivity index (χ2n) is 6.07. The Balaban J connectivity index is 1.73. The highest BCUT2D eigenvalue weighted by atomic mass is 16.5. The van der Waals surface area contributed by atoms with E-state index in [0.29, 0.717) is 18.1 Å². The molecule has 2 N–H and O–H groups in total. The van der Waals surface area contributed by atoms with Gasteiger partial charge in [-0.25, -0.2) is 9.97 Å². The van der Waals surface area contributed by atoms with Crippen molar-refractivity contribution in [2.75, 3.05) is 17.2 Å². The minimum atomic E-state index is -0.242. The predicted octanol–water partition coefficient (Wildman–Crippen LogP) is 4.49. The van der Waals surface area contributed by atoms with Crippen LogP contribution in [0.1, 0.15) is 28.4 Å². The third-order valence-electron chi connectivity index (χ3n) is 4.07. The molecular formula is C21H22N4O2. The van der Waals surface area contributed by atoms with E-state index in [2.05, 4.69) is 20.6 Å². The van der Waals surface area contributed by atoms with Crippen molar-refractivity contribution in [2.45, 2.75) is 20.8 Å². The summed E-state index contributed by atoms with van der Waals surface area (Å²) in [7, 11) is 0. The maximum Gasteiger partial charge on any atom is 0.258 e.